The number of piperidine rings is 2. The van der Waals surface area contributed by atoms with Gasteiger partial charge in [-0.25, -0.2) is 13.2 Å². The van der Waals surface area contributed by atoms with E-state index in [1.54, 1.807) is 6.92 Å². The number of amides is 1. The first-order valence-corrected chi connectivity index (χ1v) is 12.1. The molecule has 1 aromatic carbocycles. The van der Waals surface area contributed by atoms with E-state index in [0.717, 1.165) is 0 Å². The van der Waals surface area contributed by atoms with Gasteiger partial charge in [-0.05, 0) is 56.9 Å². The zero-order valence-electron chi connectivity index (χ0n) is 17.8. The second-order valence-electron chi connectivity index (χ2n) is 8.09. The number of rotatable bonds is 5. The molecule has 0 N–H and O–H groups in total. The van der Waals surface area contributed by atoms with Crippen molar-refractivity contribution < 1.29 is 35.9 Å². The summed E-state index contributed by atoms with van der Waals surface area (Å²) >= 11 is 0. The van der Waals surface area contributed by atoms with Crippen LogP contribution >= 0.6 is 0 Å². The topological polar surface area (TPSA) is 84.0 Å². The summed E-state index contributed by atoms with van der Waals surface area (Å²) in [4.78, 5) is 25.8. The van der Waals surface area contributed by atoms with E-state index >= 15 is 0 Å². The fourth-order valence-electron chi connectivity index (χ4n) is 4.17. The minimum absolute atomic E-state index is 0.0267. The number of carbonyl (C=O) groups is 2. The molecule has 11 heteroatoms. The van der Waals surface area contributed by atoms with Crippen LogP contribution in [0.25, 0.3) is 0 Å². The van der Waals surface area contributed by atoms with Crippen LogP contribution in [0.2, 0.25) is 0 Å². The second kappa shape index (κ2) is 9.78. The third kappa shape index (κ3) is 5.43. The van der Waals surface area contributed by atoms with Gasteiger partial charge in [0.25, 0.3) is 0 Å². The predicted molar refractivity (Wildman–Crippen MR) is 109 cm³/mol. The molecular weight excluding hydrogens is 449 g/mol. The van der Waals surface area contributed by atoms with Crippen molar-refractivity contribution in [2.75, 3.05) is 32.8 Å². The van der Waals surface area contributed by atoms with E-state index in [9.17, 15) is 31.2 Å². The van der Waals surface area contributed by atoms with Crippen molar-refractivity contribution in [2.45, 2.75) is 43.7 Å². The Morgan fingerprint density at radius 3 is 2.25 bits per heavy atom. The van der Waals surface area contributed by atoms with Gasteiger partial charge in [0.2, 0.25) is 15.9 Å². The van der Waals surface area contributed by atoms with Gasteiger partial charge in [0.15, 0.2) is 0 Å². The Labute approximate surface area is 185 Å². The SMILES string of the molecule is CCOC(=O)c1ccc(S(=O)(=O)N2CCC(C(=O)N3CCCC(C(F)(F)F)C3)CC2)cc1. The first kappa shape index (κ1) is 24.5. The van der Waals surface area contributed by atoms with Crippen molar-refractivity contribution in [3.8, 4) is 0 Å². The quantitative estimate of drug-likeness (QED) is 0.610. The Bertz CT molecular complexity index is 926. The van der Waals surface area contributed by atoms with Crippen LogP contribution < -0.4 is 0 Å². The van der Waals surface area contributed by atoms with Crippen molar-refractivity contribution in [3.63, 3.8) is 0 Å². The molecule has 2 saturated heterocycles. The third-order valence-corrected chi connectivity index (χ3v) is 7.92. The molecule has 0 spiro atoms. The molecular formula is C21H27F3N2O5S. The van der Waals surface area contributed by atoms with Crippen molar-refractivity contribution in [2.24, 2.45) is 11.8 Å². The van der Waals surface area contributed by atoms with Gasteiger partial charge < -0.3 is 9.64 Å². The fraction of sp³-hybridized carbons (Fsp3) is 0.619. The van der Waals surface area contributed by atoms with Gasteiger partial charge in [-0.2, -0.15) is 17.5 Å². The summed E-state index contributed by atoms with van der Waals surface area (Å²) in [5.74, 6) is -2.85. The molecule has 1 aromatic rings. The fourth-order valence-corrected chi connectivity index (χ4v) is 5.64. The highest BCUT2D eigenvalue weighted by atomic mass is 32.2. The van der Waals surface area contributed by atoms with Gasteiger partial charge in [-0.1, -0.05) is 0 Å². The molecule has 2 heterocycles. The van der Waals surface area contributed by atoms with Crippen LogP contribution in [0.1, 0.15) is 43.0 Å². The zero-order valence-corrected chi connectivity index (χ0v) is 18.6. The molecule has 3 rings (SSSR count). The van der Waals surface area contributed by atoms with Crippen molar-refractivity contribution in [1.29, 1.82) is 0 Å². The average molecular weight is 477 g/mol. The molecule has 32 heavy (non-hydrogen) atoms. The van der Waals surface area contributed by atoms with Crippen molar-refractivity contribution >= 4 is 21.9 Å². The van der Waals surface area contributed by atoms with Crippen molar-refractivity contribution in [3.05, 3.63) is 29.8 Å². The maximum Gasteiger partial charge on any atom is 0.393 e. The van der Waals surface area contributed by atoms with Gasteiger partial charge in [0, 0.05) is 32.1 Å². The Morgan fingerprint density at radius 1 is 1.06 bits per heavy atom. The first-order chi connectivity index (χ1) is 15.0. The normalized spacial score (nSPS) is 21.4. The summed E-state index contributed by atoms with van der Waals surface area (Å²) in [7, 11) is -3.81. The lowest BCUT2D eigenvalue weighted by Gasteiger charge is -2.38. The van der Waals surface area contributed by atoms with Crippen LogP contribution in [0, 0.1) is 11.8 Å². The summed E-state index contributed by atoms with van der Waals surface area (Å²) in [6, 6.07) is 5.44. The van der Waals surface area contributed by atoms with Gasteiger partial charge in [0.1, 0.15) is 0 Å². The van der Waals surface area contributed by atoms with Crippen molar-refractivity contribution in [1.82, 2.24) is 9.21 Å². The van der Waals surface area contributed by atoms with Gasteiger partial charge >= 0.3 is 12.1 Å². The summed E-state index contributed by atoms with van der Waals surface area (Å²) < 4.78 is 71.1. The Kier molecular flexibility index (Phi) is 7.49. The van der Waals surface area contributed by atoms with Gasteiger partial charge in [-0.3, -0.25) is 4.79 Å². The number of carbonyl (C=O) groups excluding carboxylic acids is 2. The van der Waals surface area contributed by atoms with E-state index < -0.39 is 34.0 Å². The Balaban J connectivity index is 1.60. The first-order valence-electron chi connectivity index (χ1n) is 10.7. The molecule has 0 aromatic heterocycles. The van der Waals surface area contributed by atoms with E-state index in [2.05, 4.69) is 0 Å². The monoisotopic (exact) mass is 476 g/mol. The molecule has 1 unspecified atom stereocenters. The van der Waals surface area contributed by atoms with Crippen LogP contribution in [0.5, 0.6) is 0 Å². The standard InChI is InChI=1S/C21H27F3N2O5S/c1-2-31-20(28)16-5-7-18(8-6-16)32(29,30)26-12-9-15(10-13-26)19(27)25-11-3-4-17(14-25)21(22,23)24/h5-8,15,17H,2-4,9-14H2,1H3. The van der Waals surface area contributed by atoms with Gasteiger partial charge in [-0.15, -0.1) is 0 Å². The van der Waals surface area contributed by atoms with Crippen LogP contribution in [0.3, 0.4) is 0 Å². The maximum atomic E-state index is 13.0. The summed E-state index contributed by atoms with van der Waals surface area (Å²) in [5, 5.41) is 0. The van der Waals surface area contributed by atoms with Crippen LogP contribution in [-0.4, -0.2) is 68.5 Å². The van der Waals surface area contributed by atoms with Gasteiger partial charge in [0.05, 0.1) is 23.0 Å². The number of likely N-dealkylation sites (tertiary alicyclic amines) is 1. The number of ether oxygens (including phenoxy) is 1. The van der Waals surface area contributed by atoms with Crippen LogP contribution in [-0.2, 0) is 19.6 Å². The number of nitrogens with zero attached hydrogens (tertiary/aromatic N) is 2. The zero-order chi connectivity index (χ0) is 23.5. The minimum Gasteiger partial charge on any atom is -0.462 e. The molecule has 1 amide bonds. The molecule has 2 fully saturated rings. The summed E-state index contributed by atoms with van der Waals surface area (Å²) in [6.45, 7) is 2.07. The largest absolute Gasteiger partial charge is 0.462 e. The van der Waals surface area contributed by atoms with Crippen LogP contribution in [0.4, 0.5) is 13.2 Å². The molecule has 2 aliphatic rings. The summed E-state index contributed by atoms with van der Waals surface area (Å²) in [6.07, 6.45) is -3.47. The van der Waals surface area contributed by atoms with E-state index in [1.807, 2.05) is 0 Å². The number of halogens is 3. The number of sulfonamides is 1. The van der Waals surface area contributed by atoms with E-state index in [-0.39, 0.29) is 61.9 Å². The van der Waals surface area contributed by atoms with E-state index in [1.165, 1.54) is 33.5 Å². The van der Waals surface area contributed by atoms with Crippen LogP contribution in [0.15, 0.2) is 29.2 Å². The summed E-state index contributed by atoms with van der Waals surface area (Å²) in [5.41, 5.74) is 0.244. The highest BCUT2D eigenvalue weighted by Crippen LogP contribution is 2.34. The second-order valence-corrected chi connectivity index (χ2v) is 10.0. The Morgan fingerprint density at radius 2 is 1.69 bits per heavy atom. The molecule has 7 nitrogen and oxygen atoms in total. The highest BCUT2D eigenvalue weighted by Gasteiger charge is 2.44. The highest BCUT2D eigenvalue weighted by molar-refractivity contribution is 7.89. The molecule has 0 saturated carbocycles. The lowest BCUT2D eigenvalue weighted by atomic mass is 9.92. The Hall–Kier alpha value is -2.14. The third-order valence-electron chi connectivity index (χ3n) is 6.00. The van der Waals surface area contributed by atoms with E-state index in [4.69, 9.17) is 4.74 Å². The smallest absolute Gasteiger partial charge is 0.393 e. The molecule has 1 atom stereocenters. The average Bonchev–Trinajstić information content (AvgIpc) is 2.78. The lowest BCUT2D eigenvalue weighted by molar-refractivity contribution is -0.188. The molecule has 0 aliphatic carbocycles. The number of hydrogen-bond donors (Lipinski definition) is 0. The lowest BCUT2D eigenvalue weighted by Crippen LogP contribution is -2.49. The minimum atomic E-state index is -4.32. The number of hydrogen-bond acceptors (Lipinski definition) is 5. The predicted octanol–water partition coefficient (Wildman–Crippen LogP) is 3.06. The number of benzene rings is 1. The number of alkyl halides is 3. The molecule has 0 bridgehead atoms. The van der Waals surface area contributed by atoms with E-state index in [0.29, 0.717) is 13.0 Å². The number of esters is 1. The maximum absolute atomic E-state index is 13.0. The molecule has 0 radical (unpaired) electrons. The molecule has 2 aliphatic heterocycles. The molecule has 178 valence electrons.